The Morgan fingerprint density at radius 2 is 2.06 bits per heavy atom. The van der Waals surface area contributed by atoms with E-state index in [1.807, 2.05) is 24.3 Å². The molecular weight excluding hydrogens is 214 g/mol. The van der Waals surface area contributed by atoms with E-state index < -0.39 is 0 Å². The van der Waals surface area contributed by atoms with E-state index in [2.05, 4.69) is 4.98 Å². The fraction of sp³-hybridized carbons (Fsp3) is 0.143. The Morgan fingerprint density at radius 1 is 1.24 bits per heavy atom. The molecular formula is C14H13NO2. The molecule has 0 amide bonds. The lowest BCUT2D eigenvalue weighted by Gasteiger charge is -2.09. The quantitative estimate of drug-likeness (QED) is 0.754. The van der Waals surface area contributed by atoms with Gasteiger partial charge in [0.15, 0.2) is 5.78 Å². The normalized spacial score (nSPS) is 9.94. The van der Waals surface area contributed by atoms with Crippen molar-refractivity contribution < 1.29 is 9.53 Å². The van der Waals surface area contributed by atoms with Gasteiger partial charge in [0, 0.05) is 18.0 Å². The minimum atomic E-state index is 0.00628. The summed E-state index contributed by atoms with van der Waals surface area (Å²) in [5.41, 5.74) is 1.59. The van der Waals surface area contributed by atoms with Gasteiger partial charge in [0.25, 0.3) is 0 Å². The highest BCUT2D eigenvalue weighted by Crippen LogP contribution is 2.19. The summed E-state index contributed by atoms with van der Waals surface area (Å²) in [5.74, 6) is 0.621. The second-order valence-corrected chi connectivity index (χ2v) is 3.70. The summed E-state index contributed by atoms with van der Waals surface area (Å²) in [6, 6.07) is 11.0. The molecule has 0 aliphatic rings. The van der Waals surface area contributed by atoms with Crippen molar-refractivity contribution in [2.24, 2.45) is 0 Å². The van der Waals surface area contributed by atoms with Crippen molar-refractivity contribution in [3.63, 3.8) is 0 Å². The molecule has 0 atom stereocenters. The van der Waals surface area contributed by atoms with Crippen LogP contribution in [0.4, 0.5) is 0 Å². The third kappa shape index (κ3) is 2.91. The zero-order chi connectivity index (χ0) is 12.1. The van der Waals surface area contributed by atoms with Crippen molar-refractivity contribution in [3.8, 4) is 5.75 Å². The number of ketones is 1. The first kappa shape index (κ1) is 11.3. The highest BCUT2D eigenvalue weighted by Gasteiger charge is 2.07. The van der Waals surface area contributed by atoms with Crippen LogP contribution in [0.15, 0.2) is 48.8 Å². The van der Waals surface area contributed by atoms with Crippen molar-refractivity contribution >= 4 is 5.78 Å². The number of hydrogen-bond donors (Lipinski definition) is 0. The molecule has 17 heavy (non-hydrogen) atoms. The molecule has 0 bridgehead atoms. The van der Waals surface area contributed by atoms with Gasteiger partial charge < -0.3 is 4.74 Å². The van der Waals surface area contributed by atoms with E-state index in [1.54, 1.807) is 24.5 Å². The summed E-state index contributed by atoms with van der Waals surface area (Å²) < 4.78 is 5.62. The van der Waals surface area contributed by atoms with E-state index in [0.717, 1.165) is 5.56 Å². The first-order valence-corrected chi connectivity index (χ1v) is 5.39. The van der Waals surface area contributed by atoms with Crippen molar-refractivity contribution in [2.45, 2.75) is 13.5 Å². The number of carbonyl (C=O) groups excluding carboxylic acids is 1. The van der Waals surface area contributed by atoms with Gasteiger partial charge in [-0.05, 0) is 25.1 Å². The van der Waals surface area contributed by atoms with Gasteiger partial charge in [-0.15, -0.1) is 0 Å². The van der Waals surface area contributed by atoms with Crippen LogP contribution < -0.4 is 4.74 Å². The lowest BCUT2D eigenvalue weighted by Crippen LogP contribution is -2.01. The van der Waals surface area contributed by atoms with E-state index in [4.69, 9.17) is 4.74 Å². The molecule has 0 saturated heterocycles. The number of Topliss-reactive ketones (excluding diaryl/α,β-unsaturated/α-hetero) is 1. The van der Waals surface area contributed by atoms with Crippen LogP contribution in [0.1, 0.15) is 22.8 Å². The summed E-state index contributed by atoms with van der Waals surface area (Å²) in [7, 11) is 0. The van der Waals surface area contributed by atoms with Gasteiger partial charge >= 0.3 is 0 Å². The maximum atomic E-state index is 11.4. The molecule has 1 heterocycles. The lowest BCUT2D eigenvalue weighted by atomic mass is 10.1. The maximum Gasteiger partial charge on any atom is 0.163 e. The number of carbonyl (C=O) groups is 1. The van der Waals surface area contributed by atoms with E-state index in [-0.39, 0.29) is 5.78 Å². The van der Waals surface area contributed by atoms with E-state index in [9.17, 15) is 4.79 Å². The van der Waals surface area contributed by atoms with Crippen molar-refractivity contribution in [2.75, 3.05) is 0 Å². The molecule has 3 heteroatoms. The summed E-state index contributed by atoms with van der Waals surface area (Å²) in [6.45, 7) is 1.95. The Balaban J connectivity index is 2.12. The minimum absolute atomic E-state index is 0.00628. The predicted octanol–water partition coefficient (Wildman–Crippen LogP) is 2.86. The number of para-hydroxylation sites is 1. The third-order valence-electron chi connectivity index (χ3n) is 2.38. The first-order chi connectivity index (χ1) is 8.27. The van der Waals surface area contributed by atoms with Crippen LogP contribution in [-0.4, -0.2) is 10.8 Å². The van der Waals surface area contributed by atoms with E-state index in [0.29, 0.717) is 17.9 Å². The molecule has 1 aromatic carbocycles. The van der Waals surface area contributed by atoms with Crippen molar-refractivity contribution in [1.29, 1.82) is 0 Å². The molecule has 2 rings (SSSR count). The number of rotatable bonds is 4. The Morgan fingerprint density at radius 3 is 2.76 bits per heavy atom. The zero-order valence-electron chi connectivity index (χ0n) is 9.59. The minimum Gasteiger partial charge on any atom is -0.488 e. The summed E-state index contributed by atoms with van der Waals surface area (Å²) in [6.07, 6.45) is 3.46. The molecule has 86 valence electrons. The SMILES string of the molecule is CC(=O)c1ccccc1OCc1cccnc1. The molecule has 0 radical (unpaired) electrons. The van der Waals surface area contributed by atoms with Crippen molar-refractivity contribution in [3.05, 3.63) is 59.9 Å². The van der Waals surface area contributed by atoms with Gasteiger partial charge in [-0.1, -0.05) is 18.2 Å². The molecule has 0 N–H and O–H groups in total. The Bertz CT molecular complexity index is 509. The molecule has 0 aliphatic heterocycles. The Kier molecular flexibility index (Phi) is 3.50. The van der Waals surface area contributed by atoms with Gasteiger partial charge in [0.05, 0.1) is 5.56 Å². The van der Waals surface area contributed by atoms with E-state index in [1.165, 1.54) is 6.92 Å². The summed E-state index contributed by atoms with van der Waals surface area (Å²) >= 11 is 0. The van der Waals surface area contributed by atoms with Gasteiger partial charge in [-0.3, -0.25) is 9.78 Å². The number of pyridine rings is 1. The Hall–Kier alpha value is -2.16. The molecule has 2 aromatic rings. The molecule has 1 aromatic heterocycles. The number of benzene rings is 1. The summed E-state index contributed by atoms with van der Waals surface area (Å²) in [4.78, 5) is 15.4. The van der Waals surface area contributed by atoms with Crippen LogP contribution in [0.3, 0.4) is 0 Å². The number of nitrogens with zero attached hydrogens (tertiary/aromatic N) is 1. The fourth-order valence-electron chi connectivity index (χ4n) is 1.53. The number of hydrogen-bond acceptors (Lipinski definition) is 3. The smallest absolute Gasteiger partial charge is 0.163 e. The van der Waals surface area contributed by atoms with Crippen molar-refractivity contribution in [1.82, 2.24) is 4.98 Å². The van der Waals surface area contributed by atoms with Crippen LogP contribution in [0.5, 0.6) is 5.75 Å². The second-order valence-electron chi connectivity index (χ2n) is 3.70. The van der Waals surface area contributed by atoms with Gasteiger partial charge in [-0.25, -0.2) is 0 Å². The highest BCUT2D eigenvalue weighted by molar-refractivity contribution is 5.96. The number of aromatic nitrogens is 1. The van der Waals surface area contributed by atoms with Crippen LogP contribution in [-0.2, 0) is 6.61 Å². The average Bonchev–Trinajstić information content (AvgIpc) is 2.38. The van der Waals surface area contributed by atoms with Crippen LogP contribution in [0.25, 0.3) is 0 Å². The summed E-state index contributed by atoms with van der Waals surface area (Å²) in [5, 5.41) is 0. The molecule has 0 aliphatic carbocycles. The molecule has 0 saturated carbocycles. The first-order valence-electron chi connectivity index (χ1n) is 5.39. The number of ether oxygens (including phenoxy) is 1. The molecule has 0 fully saturated rings. The Labute approximate surface area is 100 Å². The van der Waals surface area contributed by atoms with Crippen LogP contribution in [0, 0.1) is 0 Å². The highest BCUT2D eigenvalue weighted by atomic mass is 16.5. The topological polar surface area (TPSA) is 39.2 Å². The average molecular weight is 227 g/mol. The standard InChI is InChI=1S/C14H13NO2/c1-11(16)13-6-2-3-7-14(13)17-10-12-5-4-8-15-9-12/h2-9H,10H2,1H3. The fourth-order valence-corrected chi connectivity index (χ4v) is 1.53. The van der Waals surface area contributed by atoms with E-state index >= 15 is 0 Å². The maximum absolute atomic E-state index is 11.4. The van der Waals surface area contributed by atoms with Gasteiger partial charge in [0.1, 0.15) is 12.4 Å². The molecule has 3 nitrogen and oxygen atoms in total. The molecule has 0 spiro atoms. The zero-order valence-corrected chi connectivity index (χ0v) is 9.59. The van der Waals surface area contributed by atoms with Gasteiger partial charge in [0.2, 0.25) is 0 Å². The molecule has 0 unspecified atom stereocenters. The predicted molar refractivity (Wildman–Crippen MR) is 65.0 cm³/mol. The third-order valence-corrected chi connectivity index (χ3v) is 2.38. The monoisotopic (exact) mass is 227 g/mol. The van der Waals surface area contributed by atoms with Crippen LogP contribution >= 0.6 is 0 Å². The largest absolute Gasteiger partial charge is 0.488 e. The van der Waals surface area contributed by atoms with Gasteiger partial charge in [-0.2, -0.15) is 0 Å². The second kappa shape index (κ2) is 5.25. The van der Waals surface area contributed by atoms with Crippen LogP contribution in [0.2, 0.25) is 0 Å². The lowest BCUT2D eigenvalue weighted by molar-refractivity contribution is 0.101.